The van der Waals surface area contributed by atoms with Gasteiger partial charge in [-0.3, -0.25) is 0 Å². The molecule has 0 unspecified atom stereocenters. The highest BCUT2D eigenvalue weighted by atomic mass is 79.9. The molecule has 12 heavy (non-hydrogen) atoms. The molecule has 0 heterocycles. The molecule has 68 valence electrons. The normalized spacial score (nSPS) is 9.08. The van der Waals surface area contributed by atoms with Crippen LogP contribution in [0.4, 0.5) is 0 Å². The zero-order valence-corrected chi connectivity index (χ0v) is 8.66. The molecule has 0 aliphatic rings. The van der Waals surface area contributed by atoms with Gasteiger partial charge in [0.05, 0.1) is 0 Å². The van der Waals surface area contributed by atoms with Crippen LogP contribution in [-0.2, 0) is 6.42 Å². The van der Waals surface area contributed by atoms with Crippen molar-refractivity contribution in [3.63, 3.8) is 0 Å². The maximum absolute atomic E-state index is 9.28. The van der Waals surface area contributed by atoms with Crippen molar-refractivity contribution in [1.82, 2.24) is 0 Å². The fourth-order valence-corrected chi connectivity index (χ4v) is 1.05. The third kappa shape index (κ3) is 2.41. The molecule has 0 radical (unpaired) electrons. The van der Waals surface area contributed by atoms with E-state index in [2.05, 4.69) is 0 Å². The summed E-state index contributed by atoms with van der Waals surface area (Å²) in [5, 5.41) is 18.4. The zero-order chi connectivity index (χ0) is 8.27. The van der Waals surface area contributed by atoms with E-state index in [1.165, 1.54) is 6.07 Å². The van der Waals surface area contributed by atoms with Crippen molar-refractivity contribution in [3.05, 3.63) is 23.8 Å². The molecular formula is C9H13BrO2. The molecule has 0 spiro atoms. The Balaban J connectivity index is 0.00000121. The first-order valence-electron chi connectivity index (χ1n) is 3.75. The fraction of sp³-hybridized carbons (Fsp3) is 0.333. The molecule has 0 aromatic heterocycles. The predicted octanol–water partition coefficient (Wildman–Crippen LogP) is 2.63. The summed E-state index contributed by atoms with van der Waals surface area (Å²) in [5.41, 5.74) is 0.813. The van der Waals surface area contributed by atoms with E-state index in [1.54, 1.807) is 6.07 Å². The number of aromatic hydroxyl groups is 2. The van der Waals surface area contributed by atoms with Crippen molar-refractivity contribution >= 4 is 17.0 Å². The number of rotatable bonds is 2. The van der Waals surface area contributed by atoms with Crippen LogP contribution in [0.15, 0.2) is 18.2 Å². The van der Waals surface area contributed by atoms with Crippen molar-refractivity contribution in [1.29, 1.82) is 0 Å². The monoisotopic (exact) mass is 232 g/mol. The second-order valence-electron chi connectivity index (χ2n) is 2.53. The van der Waals surface area contributed by atoms with Crippen molar-refractivity contribution in [3.8, 4) is 11.5 Å². The van der Waals surface area contributed by atoms with Gasteiger partial charge in [-0.05, 0) is 18.1 Å². The molecule has 0 saturated heterocycles. The van der Waals surface area contributed by atoms with Crippen molar-refractivity contribution in [2.45, 2.75) is 19.8 Å². The van der Waals surface area contributed by atoms with E-state index in [0.717, 1.165) is 18.4 Å². The van der Waals surface area contributed by atoms with Gasteiger partial charge in [0.2, 0.25) is 0 Å². The van der Waals surface area contributed by atoms with Crippen LogP contribution < -0.4 is 0 Å². The maximum Gasteiger partial charge on any atom is 0.160 e. The van der Waals surface area contributed by atoms with Crippen molar-refractivity contribution < 1.29 is 10.2 Å². The first-order valence-corrected chi connectivity index (χ1v) is 3.75. The van der Waals surface area contributed by atoms with Gasteiger partial charge in [-0.2, -0.15) is 0 Å². The van der Waals surface area contributed by atoms with E-state index >= 15 is 0 Å². The van der Waals surface area contributed by atoms with Gasteiger partial charge in [-0.1, -0.05) is 25.5 Å². The summed E-state index contributed by atoms with van der Waals surface area (Å²) in [7, 11) is 0. The summed E-state index contributed by atoms with van der Waals surface area (Å²) in [6.45, 7) is 2.03. The van der Waals surface area contributed by atoms with Crippen LogP contribution in [0.2, 0.25) is 0 Å². The summed E-state index contributed by atoms with van der Waals surface area (Å²) in [6.07, 6.45) is 1.78. The van der Waals surface area contributed by atoms with Crippen LogP contribution in [0, 0.1) is 0 Å². The van der Waals surface area contributed by atoms with Crippen molar-refractivity contribution in [2.24, 2.45) is 0 Å². The smallest absolute Gasteiger partial charge is 0.160 e. The summed E-state index contributed by atoms with van der Waals surface area (Å²) in [6, 6.07) is 5.03. The van der Waals surface area contributed by atoms with Gasteiger partial charge in [0.1, 0.15) is 0 Å². The lowest BCUT2D eigenvalue weighted by atomic mass is 10.1. The molecular weight excluding hydrogens is 220 g/mol. The van der Waals surface area contributed by atoms with Crippen LogP contribution in [0.1, 0.15) is 18.9 Å². The van der Waals surface area contributed by atoms with Crippen LogP contribution in [0.5, 0.6) is 11.5 Å². The van der Waals surface area contributed by atoms with E-state index in [-0.39, 0.29) is 28.5 Å². The summed E-state index contributed by atoms with van der Waals surface area (Å²) < 4.78 is 0. The lowest BCUT2D eigenvalue weighted by Crippen LogP contribution is -1.83. The zero-order valence-electron chi connectivity index (χ0n) is 6.95. The molecule has 0 amide bonds. The van der Waals surface area contributed by atoms with Gasteiger partial charge in [0, 0.05) is 0 Å². The minimum absolute atomic E-state index is 0. The SMILES string of the molecule is Br.CCCc1cccc(O)c1O. The fourth-order valence-electron chi connectivity index (χ4n) is 1.05. The Morgan fingerprint density at radius 1 is 1.25 bits per heavy atom. The topological polar surface area (TPSA) is 40.5 Å². The van der Waals surface area contributed by atoms with Crippen LogP contribution in [-0.4, -0.2) is 10.2 Å². The molecule has 0 atom stereocenters. The van der Waals surface area contributed by atoms with E-state index in [4.69, 9.17) is 5.11 Å². The highest BCUT2D eigenvalue weighted by Gasteiger charge is 2.02. The first kappa shape index (κ1) is 11.3. The maximum atomic E-state index is 9.28. The number of halogens is 1. The Bertz CT molecular complexity index is 248. The molecule has 0 aliphatic carbocycles. The second-order valence-corrected chi connectivity index (χ2v) is 2.53. The Morgan fingerprint density at radius 2 is 1.92 bits per heavy atom. The van der Waals surface area contributed by atoms with Crippen LogP contribution in [0.3, 0.4) is 0 Å². The number of hydrogen-bond acceptors (Lipinski definition) is 2. The number of benzene rings is 1. The minimum Gasteiger partial charge on any atom is -0.504 e. The Kier molecular flexibility index (Phi) is 4.74. The van der Waals surface area contributed by atoms with Gasteiger partial charge in [-0.25, -0.2) is 0 Å². The predicted molar refractivity (Wildman–Crippen MR) is 54.1 cm³/mol. The Morgan fingerprint density at radius 3 is 2.50 bits per heavy atom. The Labute approximate surface area is 82.6 Å². The second kappa shape index (κ2) is 5.04. The molecule has 1 rings (SSSR count). The highest BCUT2D eigenvalue weighted by molar-refractivity contribution is 8.93. The standard InChI is InChI=1S/C9H12O2.BrH/c1-2-4-7-5-3-6-8(10)9(7)11;/h3,5-6,10-11H,2,4H2,1H3;1H. The van der Waals surface area contributed by atoms with Crippen LogP contribution >= 0.6 is 17.0 Å². The number of para-hydroxylation sites is 1. The Hall–Kier alpha value is -0.700. The molecule has 1 aromatic carbocycles. The number of phenols is 2. The molecule has 1 aromatic rings. The highest BCUT2D eigenvalue weighted by Crippen LogP contribution is 2.28. The quantitative estimate of drug-likeness (QED) is 0.771. The molecule has 0 saturated carbocycles. The lowest BCUT2D eigenvalue weighted by molar-refractivity contribution is 0.399. The molecule has 0 fully saturated rings. The van der Waals surface area contributed by atoms with Gasteiger partial charge in [-0.15, -0.1) is 17.0 Å². The third-order valence-electron chi connectivity index (χ3n) is 1.62. The first-order chi connectivity index (χ1) is 5.25. The average Bonchev–Trinajstić information content (AvgIpc) is 1.99. The largest absolute Gasteiger partial charge is 0.504 e. The molecule has 0 aliphatic heterocycles. The number of hydrogen-bond donors (Lipinski definition) is 2. The molecule has 2 N–H and O–H groups in total. The van der Waals surface area contributed by atoms with Gasteiger partial charge in [0.15, 0.2) is 11.5 Å². The van der Waals surface area contributed by atoms with E-state index < -0.39 is 0 Å². The van der Waals surface area contributed by atoms with E-state index in [1.807, 2.05) is 13.0 Å². The van der Waals surface area contributed by atoms with Gasteiger partial charge in [0.25, 0.3) is 0 Å². The van der Waals surface area contributed by atoms with Crippen molar-refractivity contribution in [2.75, 3.05) is 0 Å². The summed E-state index contributed by atoms with van der Waals surface area (Å²) in [4.78, 5) is 0. The summed E-state index contributed by atoms with van der Waals surface area (Å²) in [5.74, 6) is -0.00898. The molecule has 2 nitrogen and oxygen atoms in total. The van der Waals surface area contributed by atoms with Gasteiger partial charge < -0.3 is 10.2 Å². The lowest BCUT2D eigenvalue weighted by Gasteiger charge is -2.03. The number of phenolic OH excluding ortho intramolecular Hbond substituents is 2. The molecule has 0 bridgehead atoms. The summed E-state index contributed by atoms with van der Waals surface area (Å²) >= 11 is 0. The third-order valence-corrected chi connectivity index (χ3v) is 1.62. The van der Waals surface area contributed by atoms with E-state index in [0.29, 0.717) is 0 Å². The number of aryl methyl sites for hydroxylation is 1. The molecule has 3 heteroatoms. The average molecular weight is 233 g/mol. The van der Waals surface area contributed by atoms with E-state index in [9.17, 15) is 5.11 Å². The minimum atomic E-state index is -0.0315. The van der Waals surface area contributed by atoms with Gasteiger partial charge >= 0.3 is 0 Å². The van der Waals surface area contributed by atoms with Crippen LogP contribution in [0.25, 0.3) is 0 Å².